The molecular weight excluding hydrogens is 272 g/mol. The Morgan fingerprint density at radius 2 is 1.90 bits per heavy atom. The van der Waals surface area contributed by atoms with Gasteiger partial charge in [0.05, 0.1) is 11.6 Å². The number of carbonyl (C=O) groups excluding carboxylic acids is 2. The number of nitrogens with zero attached hydrogens (tertiary/aromatic N) is 2. The fraction of sp³-hybridized carbons (Fsp3) is 0.400. The van der Waals surface area contributed by atoms with Crippen molar-refractivity contribution in [2.45, 2.75) is 40.0 Å². The van der Waals surface area contributed by atoms with Crippen molar-refractivity contribution in [3.8, 4) is 11.5 Å². The van der Waals surface area contributed by atoms with Crippen LogP contribution in [0.25, 0.3) is 10.9 Å². The number of aromatic nitrogens is 2. The van der Waals surface area contributed by atoms with E-state index < -0.39 is 5.97 Å². The van der Waals surface area contributed by atoms with E-state index >= 15 is 0 Å². The first-order valence-corrected chi connectivity index (χ1v) is 6.56. The molecule has 1 aromatic heterocycles. The van der Waals surface area contributed by atoms with Crippen LogP contribution in [0.3, 0.4) is 0 Å². The molecule has 2 rings (SSSR count). The summed E-state index contributed by atoms with van der Waals surface area (Å²) in [6, 6.07) is 1.52. The topological polar surface area (TPSA) is 81.4 Å². The second-order valence-electron chi connectivity index (χ2n) is 5.95. The highest BCUT2D eigenvalue weighted by atomic mass is 16.5. The van der Waals surface area contributed by atoms with E-state index in [4.69, 9.17) is 4.74 Å². The molecule has 0 saturated carbocycles. The number of phenols is 1. The van der Waals surface area contributed by atoms with Gasteiger partial charge in [-0.2, -0.15) is 9.78 Å². The minimum absolute atomic E-state index is 0.0708. The van der Waals surface area contributed by atoms with Crippen LogP contribution in [0, 0.1) is 0 Å². The van der Waals surface area contributed by atoms with Crippen molar-refractivity contribution in [2.75, 3.05) is 0 Å². The Balaban J connectivity index is 2.88. The van der Waals surface area contributed by atoms with Crippen LogP contribution in [0.2, 0.25) is 0 Å². The van der Waals surface area contributed by atoms with E-state index in [1.165, 1.54) is 26.1 Å². The molecule has 0 unspecified atom stereocenters. The lowest BCUT2D eigenvalue weighted by Crippen LogP contribution is -2.15. The molecule has 0 aliphatic carbocycles. The zero-order valence-electron chi connectivity index (χ0n) is 12.7. The van der Waals surface area contributed by atoms with Crippen molar-refractivity contribution < 1.29 is 19.4 Å². The Morgan fingerprint density at radius 1 is 1.29 bits per heavy atom. The molecule has 112 valence electrons. The van der Waals surface area contributed by atoms with Gasteiger partial charge in [-0.25, -0.2) is 0 Å². The van der Waals surface area contributed by atoms with E-state index in [2.05, 4.69) is 5.10 Å². The fourth-order valence-electron chi connectivity index (χ4n) is 2.23. The van der Waals surface area contributed by atoms with Gasteiger partial charge >= 0.3 is 5.97 Å². The molecule has 1 heterocycles. The molecular formula is C15H18N2O4. The van der Waals surface area contributed by atoms with Gasteiger partial charge in [0.2, 0.25) is 5.91 Å². The number of esters is 1. The van der Waals surface area contributed by atoms with E-state index in [0.717, 1.165) is 4.68 Å². The maximum Gasteiger partial charge on any atom is 0.308 e. The molecule has 6 nitrogen and oxygen atoms in total. The molecule has 0 amide bonds. The summed E-state index contributed by atoms with van der Waals surface area (Å²) in [6.07, 6.45) is 1.42. The first kappa shape index (κ1) is 15.0. The van der Waals surface area contributed by atoms with Gasteiger partial charge in [-0.3, -0.25) is 9.59 Å². The predicted octanol–water partition coefficient (Wildman–Crippen LogP) is 2.62. The summed E-state index contributed by atoms with van der Waals surface area (Å²) in [6.45, 7) is 8.47. The van der Waals surface area contributed by atoms with Crippen molar-refractivity contribution in [3.63, 3.8) is 0 Å². The summed E-state index contributed by atoms with van der Waals surface area (Å²) in [5.74, 6) is -0.547. The average Bonchev–Trinajstić information content (AvgIpc) is 2.75. The minimum atomic E-state index is -0.469. The van der Waals surface area contributed by atoms with E-state index in [1.54, 1.807) is 0 Å². The van der Waals surface area contributed by atoms with Crippen LogP contribution in [0.15, 0.2) is 12.3 Å². The zero-order chi connectivity index (χ0) is 15.9. The third-order valence-corrected chi connectivity index (χ3v) is 3.13. The Kier molecular flexibility index (Phi) is 3.49. The van der Waals surface area contributed by atoms with Gasteiger partial charge in [-0.1, -0.05) is 20.8 Å². The molecule has 0 spiro atoms. The van der Waals surface area contributed by atoms with Gasteiger partial charge in [0.15, 0.2) is 0 Å². The summed E-state index contributed by atoms with van der Waals surface area (Å²) < 4.78 is 6.41. The zero-order valence-corrected chi connectivity index (χ0v) is 12.7. The molecule has 0 saturated heterocycles. The number of phenolic OH excluding ortho intramolecular Hbond substituents is 1. The van der Waals surface area contributed by atoms with Crippen LogP contribution in [-0.2, 0) is 10.2 Å². The molecule has 21 heavy (non-hydrogen) atoms. The van der Waals surface area contributed by atoms with Crippen LogP contribution < -0.4 is 4.74 Å². The average molecular weight is 290 g/mol. The van der Waals surface area contributed by atoms with Gasteiger partial charge in [-0.05, 0) is 11.5 Å². The predicted molar refractivity (Wildman–Crippen MR) is 77.7 cm³/mol. The van der Waals surface area contributed by atoms with E-state index in [-0.39, 0.29) is 22.6 Å². The number of benzene rings is 1. The number of carbonyl (C=O) groups is 2. The molecule has 6 heteroatoms. The molecule has 0 bridgehead atoms. The lowest BCUT2D eigenvalue weighted by atomic mass is 9.85. The molecule has 0 aliphatic heterocycles. The van der Waals surface area contributed by atoms with Crippen LogP contribution in [-0.4, -0.2) is 26.8 Å². The van der Waals surface area contributed by atoms with Crippen molar-refractivity contribution in [3.05, 3.63) is 17.8 Å². The second kappa shape index (κ2) is 4.87. The van der Waals surface area contributed by atoms with Crippen LogP contribution >= 0.6 is 0 Å². The monoisotopic (exact) mass is 290 g/mol. The standard InChI is InChI=1S/C15H18N2O4/c1-8(18)17-13-10(7-16-17)14(21-9(2)19)11(6-12(13)20)15(3,4)5/h6-7,20H,1-5H3. The normalized spacial score (nSPS) is 11.7. The second-order valence-corrected chi connectivity index (χ2v) is 5.95. The van der Waals surface area contributed by atoms with Crippen molar-refractivity contribution in [1.29, 1.82) is 0 Å². The van der Waals surface area contributed by atoms with Gasteiger partial charge in [0.1, 0.15) is 17.0 Å². The Bertz CT molecular complexity index is 738. The van der Waals surface area contributed by atoms with Gasteiger partial charge in [-0.15, -0.1) is 0 Å². The van der Waals surface area contributed by atoms with Crippen molar-refractivity contribution in [1.82, 2.24) is 9.78 Å². The smallest absolute Gasteiger partial charge is 0.308 e. The molecule has 0 atom stereocenters. The minimum Gasteiger partial charge on any atom is -0.506 e. The summed E-state index contributed by atoms with van der Waals surface area (Å²) in [5, 5.41) is 14.6. The first-order chi connectivity index (χ1) is 9.62. The molecule has 2 aromatic rings. The third kappa shape index (κ3) is 2.61. The molecule has 0 radical (unpaired) electrons. The number of ether oxygens (including phenoxy) is 1. The van der Waals surface area contributed by atoms with Gasteiger partial charge in [0, 0.05) is 19.4 Å². The number of aromatic hydroxyl groups is 1. The SMILES string of the molecule is CC(=O)Oc1c(C(C)(C)C)cc(O)c2c1cnn2C(C)=O. The quantitative estimate of drug-likeness (QED) is 0.645. The highest BCUT2D eigenvalue weighted by Crippen LogP contribution is 2.41. The Labute approximate surface area is 122 Å². The lowest BCUT2D eigenvalue weighted by molar-refractivity contribution is -0.131. The highest BCUT2D eigenvalue weighted by molar-refractivity contribution is 5.98. The molecule has 1 N–H and O–H groups in total. The van der Waals surface area contributed by atoms with Gasteiger partial charge in [0.25, 0.3) is 0 Å². The maximum absolute atomic E-state index is 11.6. The van der Waals surface area contributed by atoms with Gasteiger partial charge < -0.3 is 9.84 Å². The van der Waals surface area contributed by atoms with E-state index in [1.807, 2.05) is 20.8 Å². The Hall–Kier alpha value is -2.37. The number of hydrogen-bond acceptors (Lipinski definition) is 5. The lowest BCUT2D eigenvalue weighted by Gasteiger charge is -2.23. The van der Waals surface area contributed by atoms with E-state index in [9.17, 15) is 14.7 Å². The van der Waals surface area contributed by atoms with E-state index in [0.29, 0.717) is 16.7 Å². The summed E-state index contributed by atoms with van der Waals surface area (Å²) in [5.41, 5.74) is 0.562. The maximum atomic E-state index is 11.6. The highest BCUT2D eigenvalue weighted by Gasteiger charge is 2.26. The first-order valence-electron chi connectivity index (χ1n) is 6.56. The summed E-state index contributed by atoms with van der Waals surface area (Å²) in [7, 11) is 0. The number of rotatable bonds is 1. The van der Waals surface area contributed by atoms with Crippen LogP contribution in [0.5, 0.6) is 11.5 Å². The number of hydrogen-bond donors (Lipinski definition) is 1. The number of fused-ring (bicyclic) bond motifs is 1. The van der Waals surface area contributed by atoms with Crippen LogP contribution in [0.1, 0.15) is 45.0 Å². The fourth-order valence-corrected chi connectivity index (χ4v) is 2.23. The summed E-state index contributed by atoms with van der Waals surface area (Å²) in [4.78, 5) is 23.0. The third-order valence-electron chi connectivity index (χ3n) is 3.13. The van der Waals surface area contributed by atoms with Crippen LogP contribution in [0.4, 0.5) is 0 Å². The molecule has 0 fully saturated rings. The molecule has 0 aliphatic rings. The Morgan fingerprint density at radius 3 is 2.38 bits per heavy atom. The summed E-state index contributed by atoms with van der Waals surface area (Å²) >= 11 is 0. The largest absolute Gasteiger partial charge is 0.506 e. The van der Waals surface area contributed by atoms with Crippen molar-refractivity contribution in [2.24, 2.45) is 0 Å². The van der Waals surface area contributed by atoms with Crippen molar-refractivity contribution >= 4 is 22.8 Å². The molecule has 1 aromatic carbocycles.